The highest BCUT2D eigenvalue weighted by molar-refractivity contribution is 8.00. The van der Waals surface area contributed by atoms with Gasteiger partial charge < -0.3 is 10.6 Å². The van der Waals surface area contributed by atoms with Crippen LogP contribution in [0.5, 0.6) is 0 Å². The van der Waals surface area contributed by atoms with Gasteiger partial charge in [0.15, 0.2) is 0 Å². The van der Waals surface area contributed by atoms with Gasteiger partial charge in [-0.25, -0.2) is 0 Å². The van der Waals surface area contributed by atoms with Crippen molar-refractivity contribution in [2.24, 2.45) is 0 Å². The van der Waals surface area contributed by atoms with E-state index in [0.717, 1.165) is 42.9 Å². The molecule has 2 amide bonds. The maximum atomic E-state index is 12.4. The standard InChI is InChI=1S/C15H17F3N2O2S/c16-15(17,18)11-5-3-10(4-6-11)13(21)19-7-8-20-14(22)12-2-1-9-23-12/h3-6,12H,1-2,7-9H2,(H,19,21)(H,20,22)/t12-/m1/s1. The van der Waals surface area contributed by atoms with E-state index in [1.807, 2.05) is 0 Å². The van der Waals surface area contributed by atoms with Gasteiger partial charge in [-0.2, -0.15) is 13.2 Å². The van der Waals surface area contributed by atoms with Crippen LogP contribution >= 0.6 is 11.8 Å². The highest BCUT2D eigenvalue weighted by atomic mass is 32.2. The van der Waals surface area contributed by atoms with Crippen LogP contribution in [0.15, 0.2) is 24.3 Å². The number of amides is 2. The van der Waals surface area contributed by atoms with E-state index in [-0.39, 0.29) is 23.3 Å². The SMILES string of the molecule is O=C(NCCNC(=O)[C@H]1CCCS1)c1ccc(C(F)(F)F)cc1. The van der Waals surface area contributed by atoms with Crippen LogP contribution < -0.4 is 10.6 Å². The van der Waals surface area contributed by atoms with Gasteiger partial charge in [-0.3, -0.25) is 9.59 Å². The molecule has 0 aromatic heterocycles. The summed E-state index contributed by atoms with van der Waals surface area (Å²) in [4.78, 5) is 23.5. The van der Waals surface area contributed by atoms with Gasteiger partial charge in [-0.15, -0.1) is 11.8 Å². The molecule has 8 heteroatoms. The molecule has 0 saturated carbocycles. The van der Waals surface area contributed by atoms with Crippen molar-refractivity contribution in [1.82, 2.24) is 10.6 Å². The summed E-state index contributed by atoms with van der Waals surface area (Å²) in [5, 5.41) is 5.29. The molecule has 4 nitrogen and oxygen atoms in total. The van der Waals surface area contributed by atoms with Crippen molar-refractivity contribution in [2.45, 2.75) is 24.3 Å². The lowest BCUT2D eigenvalue weighted by Gasteiger charge is -2.11. The molecular weight excluding hydrogens is 329 g/mol. The number of thioether (sulfide) groups is 1. The summed E-state index contributed by atoms with van der Waals surface area (Å²) in [5.74, 6) is 0.488. The second-order valence-corrected chi connectivity index (χ2v) is 6.43. The summed E-state index contributed by atoms with van der Waals surface area (Å²) >= 11 is 1.62. The van der Waals surface area contributed by atoms with Gasteiger partial charge in [0, 0.05) is 18.7 Å². The van der Waals surface area contributed by atoms with Gasteiger partial charge in [0.25, 0.3) is 5.91 Å². The van der Waals surface area contributed by atoms with Crippen molar-refractivity contribution in [2.75, 3.05) is 18.8 Å². The molecule has 0 unspecified atom stereocenters. The average Bonchev–Trinajstić information content (AvgIpc) is 3.05. The minimum absolute atomic E-state index is 0.0133. The third-order valence-electron chi connectivity index (χ3n) is 3.41. The highest BCUT2D eigenvalue weighted by Crippen LogP contribution is 2.29. The minimum atomic E-state index is -4.42. The fraction of sp³-hybridized carbons (Fsp3) is 0.467. The zero-order valence-electron chi connectivity index (χ0n) is 12.3. The lowest BCUT2D eigenvalue weighted by Crippen LogP contribution is -2.38. The molecular formula is C15H17F3N2O2S. The van der Waals surface area contributed by atoms with E-state index >= 15 is 0 Å². The number of benzene rings is 1. The van der Waals surface area contributed by atoms with E-state index in [0.29, 0.717) is 6.54 Å². The Bertz CT molecular complexity index is 555. The third-order valence-corrected chi connectivity index (χ3v) is 4.78. The maximum Gasteiger partial charge on any atom is 0.416 e. The average molecular weight is 346 g/mol. The highest BCUT2D eigenvalue weighted by Gasteiger charge is 2.30. The zero-order chi connectivity index (χ0) is 16.9. The third kappa shape index (κ3) is 5.16. The van der Waals surface area contributed by atoms with Crippen LogP contribution in [0.25, 0.3) is 0 Å². The molecule has 0 spiro atoms. The van der Waals surface area contributed by atoms with Crippen molar-refractivity contribution in [1.29, 1.82) is 0 Å². The topological polar surface area (TPSA) is 58.2 Å². The largest absolute Gasteiger partial charge is 0.416 e. The Balaban J connectivity index is 1.73. The van der Waals surface area contributed by atoms with Crippen LogP contribution in [0.1, 0.15) is 28.8 Å². The predicted molar refractivity (Wildman–Crippen MR) is 82.3 cm³/mol. The van der Waals surface area contributed by atoms with E-state index in [4.69, 9.17) is 0 Å². The van der Waals surface area contributed by atoms with E-state index in [1.54, 1.807) is 11.8 Å². The molecule has 0 bridgehead atoms. The van der Waals surface area contributed by atoms with Crippen molar-refractivity contribution in [3.63, 3.8) is 0 Å². The molecule has 1 aliphatic heterocycles. The number of carbonyl (C=O) groups is 2. The molecule has 1 atom stereocenters. The van der Waals surface area contributed by atoms with Crippen LogP contribution in [0.4, 0.5) is 13.2 Å². The second kappa shape index (κ2) is 7.72. The molecule has 23 heavy (non-hydrogen) atoms. The molecule has 2 rings (SSSR count). The molecule has 0 radical (unpaired) electrons. The normalized spacial score (nSPS) is 17.8. The van der Waals surface area contributed by atoms with E-state index in [2.05, 4.69) is 10.6 Å². The van der Waals surface area contributed by atoms with Crippen LogP contribution in [0.2, 0.25) is 0 Å². The van der Waals surface area contributed by atoms with Crippen LogP contribution in [0.3, 0.4) is 0 Å². The first kappa shape index (κ1) is 17.7. The summed E-state index contributed by atoms with van der Waals surface area (Å²) in [7, 11) is 0. The Kier molecular flexibility index (Phi) is 5.92. The van der Waals surface area contributed by atoms with Crippen molar-refractivity contribution in [3.05, 3.63) is 35.4 Å². The summed E-state index contributed by atoms with van der Waals surface area (Å²) in [6.07, 6.45) is -2.51. The minimum Gasteiger partial charge on any atom is -0.353 e. The number of hydrogen-bond acceptors (Lipinski definition) is 3. The van der Waals surface area contributed by atoms with Gasteiger partial charge >= 0.3 is 6.18 Å². The first-order chi connectivity index (χ1) is 10.9. The molecule has 126 valence electrons. The van der Waals surface area contributed by atoms with Crippen molar-refractivity contribution in [3.8, 4) is 0 Å². The monoisotopic (exact) mass is 346 g/mol. The Morgan fingerprint density at radius 2 is 1.78 bits per heavy atom. The number of rotatable bonds is 5. The smallest absolute Gasteiger partial charge is 0.353 e. The molecule has 1 aliphatic rings. The van der Waals surface area contributed by atoms with Crippen LogP contribution in [-0.4, -0.2) is 35.9 Å². The molecule has 1 aromatic carbocycles. The summed E-state index contributed by atoms with van der Waals surface area (Å²) in [6, 6.07) is 4.00. The summed E-state index contributed by atoms with van der Waals surface area (Å²) in [6.45, 7) is 0.519. The molecule has 1 heterocycles. The van der Waals surface area contributed by atoms with Crippen molar-refractivity contribution >= 4 is 23.6 Å². The van der Waals surface area contributed by atoms with Crippen molar-refractivity contribution < 1.29 is 22.8 Å². The number of nitrogens with one attached hydrogen (secondary N) is 2. The first-order valence-corrected chi connectivity index (χ1v) is 8.27. The molecule has 1 fully saturated rings. The Morgan fingerprint density at radius 3 is 2.35 bits per heavy atom. The lowest BCUT2D eigenvalue weighted by molar-refractivity contribution is -0.137. The van der Waals surface area contributed by atoms with E-state index < -0.39 is 17.6 Å². The fourth-order valence-corrected chi connectivity index (χ4v) is 3.36. The zero-order valence-corrected chi connectivity index (χ0v) is 13.1. The molecule has 0 aliphatic carbocycles. The Hall–Kier alpha value is -1.70. The molecule has 1 saturated heterocycles. The number of alkyl halides is 3. The predicted octanol–water partition coefficient (Wildman–Crippen LogP) is 2.45. The van der Waals surface area contributed by atoms with Gasteiger partial charge in [0.05, 0.1) is 10.8 Å². The summed E-state index contributed by atoms with van der Waals surface area (Å²) < 4.78 is 37.3. The van der Waals surface area contributed by atoms with Gasteiger partial charge in [0.1, 0.15) is 0 Å². The summed E-state index contributed by atoms with van der Waals surface area (Å²) in [5.41, 5.74) is -0.647. The van der Waals surface area contributed by atoms with Crippen LogP contribution in [-0.2, 0) is 11.0 Å². The number of hydrogen-bond donors (Lipinski definition) is 2. The Morgan fingerprint density at radius 1 is 1.13 bits per heavy atom. The van der Waals surface area contributed by atoms with Gasteiger partial charge in [0.2, 0.25) is 5.91 Å². The van der Waals surface area contributed by atoms with E-state index in [1.165, 1.54) is 0 Å². The quantitative estimate of drug-likeness (QED) is 0.805. The first-order valence-electron chi connectivity index (χ1n) is 7.22. The maximum absolute atomic E-state index is 12.4. The number of halogens is 3. The number of carbonyl (C=O) groups excluding carboxylic acids is 2. The Labute approximate surface area is 136 Å². The van der Waals surface area contributed by atoms with Gasteiger partial charge in [-0.05, 0) is 42.9 Å². The molecule has 2 N–H and O–H groups in total. The second-order valence-electron chi connectivity index (χ2n) is 5.12. The van der Waals surface area contributed by atoms with E-state index in [9.17, 15) is 22.8 Å². The van der Waals surface area contributed by atoms with Crippen LogP contribution in [0, 0.1) is 0 Å². The lowest BCUT2D eigenvalue weighted by atomic mass is 10.1. The van der Waals surface area contributed by atoms with Gasteiger partial charge in [-0.1, -0.05) is 0 Å². The fourth-order valence-electron chi connectivity index (χ4n) is 2.17. The molecule has 1 aromatic rings.